The summed E-state index contributed by atoms with van der Waals surface area (Å²) in [7, 11) is 1.55. The van der Waals surface area contributed by atoms with Crippen LogP contribution in [0.3, 0.4) is 0 Å². The molecule has 21 heavy (non-hydrogen) atoms. The van der Waals surface area contributed by atoms with Crippen molar-refractivity contribution in [1.29, 1.82) is 0 Å². The lowest BCUT2D eigenvalue weighted by Crippen LogP contribution is -2.26. The molecule has 108 valence electrons. The van der Waals surface area contributed by atoms with E-state index < -0.39 is 0 Å². The molecule has 0 spiro atoms. The fraction of sp³-hybridized carbons (Fsp3) is 0.235. The highest BCUT2D eigenvalue weighted by molar-refractivity contribution is 6.32. The summed E-state index contributed by atoms with van der Waals surface area (Å²) in [4.78, 5) is 12.2. The van der Waals surface area contributed by atoms with Gasteiger partial charge in [-0.25, -0.2) is 0 Å². The summed E-state index contributed by atoms with van der Waals surface area (Å²) >= 11 is 6.05. The maximum atomic E-state index is 12.2. The highest BCUT2D eigenvalue weighted by Crippen LogP contribution is 2.40. The van der Waals surface area contributed by atoms with Gasteiger partial charge in [0.1, 0.15) is 5.75 Å². The van der Waals surface area contributed by atoms with Crippen LogP contribution in [0.5, 0.6) is 5.75 Å². The lowest BCUT2D eigenvalue weighted by atomic mass is 10.1. The van der Waals surface area contributed by atoms with Crippen LogP contribution in [0.2, 0.25) is 5.02 Å². The maximum Gasteiger partial charge on any atom is 0.251 e. The SMILES string of the molecule is COc1ccc(C(=O)NC2CC2c2ccccc2)cc1Cl. The molecule has 1 aliphatic carbocycles. The molecular formula is C17H16ClNO2. The van der Waals surface area contributed by atoms with Gasteiger partial charge in [0.05, 0.1) is 12.1 Å². The smallest absolute Gasteiger partial charge is 0.251 e. The topological polar surface area (TPSA) is 38.3 Å². The van der Waals surface area contributed by atoms with Crippen LogP contribution in [0.4, 0.5) is 0 Å². The summed E-state index contributed by atoms with van der Waals surface area (Å²) in [6.07, 6.45) is 0.986. The number of hydrogen-bond acceptors (Lipinski definition) is 2. The van der Waals surface area contributed by atoms with Gasteiger partial charge in [0.25, 0.3) is 5.91 Å². The number of carbonyl (C=O) groups excluding carboxylic acids is 1. The van der Waals surface area contributed by atoms with Gasteiger partial charge in [-0.1, -0.05) is 41.9 Å². The second-order valence-electron chi connectivity index (χ2n) is 5.18. The van der Waals surface area contributed by atoms with Crippen LogP contribution in [-0.4, -0.2) is 19.1 Å². The minimum Gasteiger partial charge on any atom is -0.495 e. The molecule has 3 rings (SSSR count). The van der Waals surface area contributed by atoms with Crippen LogP contribution in [0.25, 0.3) is 0 Å². The van der Waals surface area contributed by atoms with Crippen LogP contribution < -0.4 is 10.1 Å². The molecule has 1 fully saturated rings. The van der Waals surface area contributed by atoms with Crippen LogP contribution in [0.15, 0.2) is 48.5 Å². The molecule has 0 aromatic heterocycles. The third kappa shape index (κ3) is 3.03. The van der Waals surface area contributed by atoms with Crippen LogP contribution in [-0.2, 0) is 0 Å². The van der Waals surface area contributed by atoms with E-state index >= 15 is 0 Å². The molecule has 1 aliphatic rings. The predicted molar refractivity (Wildman–Crippen MR) is 83.1 cm³/mol. The highest BCUT2D eigenvalue weighted by atomic mass is 35.5. The molecule has 2 aromatic rings. The molecule has 1 amide bonds. The summed E-state index contributed by atoms with van der Waals surface area (Å²) in [5.74, 6) is 0.897. The zero-order valence-corrected chi connectivity index (χ0v) is 12.4. The Kier molecular flexibility index (Phi) is 3.84. The molecule has 4 heteroatoms. The molecule has 0 heterocycles. The number of methoxy groups -OCH3 is 1. The average molecular weight is 302 g/mol. The van der Waals surface area contributed by atoms with Crippen molar-refractivity contribution < 1.29 is 9.53 Å². The van der Waals surface area contributed by atoms with E-state index in [0.29, 0.717) is 22.3 Å². The first-order valence-electron chi connectivity index (χ1n) is 6.88. The predicted octanol–water partition coefficient (Wildman–Crippen LogP) is 3.63. The van der Waals surface area contributed by atoms with E-state index in [1.807, 2.05) is 18.2 Å². The monoisotopic (exact) mass is 301 g/mol. The van der Waals surface area contributed by atoms with E-state index in [2.05, 4.69) is 17.4 Å². The highest BCUT2D eigenvalue weighted by Gasteiger charge is 2.39. The summed E-state index contributed by atoms with van der Waals surface area (Å²) in [5.41, 5.74) is 1.83. The largest absolute Gasteiger partial charge is 0.495 e. The Labute approximate surface area is 128 Å². The molecule has 0 aliphatic heterocycles. The standard InChI is InChI=1S/C17H16ClNO2/c1-21-16-8-7-12(9-14(16)18)17(20)19-15-10-13(15)11-5-3-2-4-6-11/h2-9,13,15H,10H2,1H3,(H,19,20). The summed E-state index contributed by atoms with van der Waals surface area (Å²) < 4.78 is 5.08. The molecule has 3 nitrogen and oxygen atoms in total. The van der Waals surface area contributed by atoms with Crippen molar-refractivity contribution in [3.63, 3.8) is 0 Å². The molecule has 0 radical (unpaired) electrons. The number of nitrogens with one attached hydrogen (secondary N) is 1. The van der Waals surface area contributed by atoms with Crippen LogP contribution in [0.1, 0.15) is 28.3 Å². The van der Waals surface area contributed by atoms with Gasteiger partial charge in [-0.05, 0) is 30.2 Å². The van der Waals surface area contributed by atoms with E-state index in [1.54, 1.807) is 25.3 Å². The zero-order chi connectivity index (χ0) is 14.8. The first-order chi connectivity index (χ1) is 10.2. The number of carbonyl (C=O) groups is 1. The second kappa shape index (κ2) is 5.78. The quantitative estimate of drug-likeness (QED) is 0.936. The zero-order valence-electron chi connectivity index (χ0n) is 11.7. The minimum absolute atomic E-state index is 0.0945. The molecule has 2 aromatic carbocycles. The minimum atomic E-state index is -0.0945. The Hall–Kier alpha value is -2.00. The first-order valence-corrected chi connectivity index (χ1v) is 7.26. The number of benzene rings is 2. The lowest BCUT2D eigenvalue weighted by molar-refractivity contribution is 0.0950. The van der Waals surface area contributed by atoms with Crippen molar-refractivity contribution in [3.05, 3.63) is 64.7 Å². The van der Waals surface area contributed by atoms with E-state index in [-0.39, 0.29) is 11.9 Å². The third-order valence-electron chi connectivity index (χ3n) is 3.75. The van der Waals surface area contributed by atoms with E-state index in [1.165, 1.54) is 5.56 Å². The van der Waals surface area contributed by atoms with Gasteiger partial charge in [-0.2, -0.15) is 0 Å². The van der Waals surface area contributed by atoms with Gasteiger partial charge in [0, 0.05) is 17.5 Å². The van der Waals surface area contributed by atoms with Gasteiger partial charge in [0.15, 0.2) is 0 Å². The van der Waals surface area contributed by atoms with Crippen molar-refractivity contribution in [2.24, 2.45) is 0 Å². The molecule has 2 atom stereocenters. The molecule has 0 bridgehead atoms. The molecule has 0 saturated heterocycles. The van der Waals surface area contributed by atoms with Crippen molar-refractivity contribution in [3.8, 4) is 5.75 Å². The van der Waals surface area contributed by atoms with Gasteiger partial charge in [-0.3, -0.25) is 4.79 Å². The number of rotatable bonds is 4. The van der Waals surface area contributed by atoms with Crippen molar-refractivity contribution >= 4 is 17.5 Å². The Morgan fingerprint density at radius 3 is 2.67 bits per heavy atom. The molecule has 2 unspecified atom stereocenters. The van der Waals surface area contributed by atoms with Gasteiger partial charge in [-0.15, -0.1) is 0 Å². The molecule has 1 N–H and O–H groups in total. The Balaban J connectivity index is 1.64. The van der Waals surface area contributed by atoms with Gasteiger partial charge < -0.3 is 10.1 Å². The Morgan fingerprint density at radius 2 is 2.00 bits per heavy atom. The van der Waals surface area contributed by atoms with Crippen molar-refractivity contribution in [2.75, 3.05) is 7.11 Å². The molecular weight excluding hydrogens is 286 g/mol. The number of ether oxygens (including phenoxy) is 1. The number of hydrogen-bond donors (Lipinski definition) is 1. The first kappa shape index (κ1) is 14.0. The van der Waals surface area contributed by atoms with Gasteiger partial charge in [0.2, 0.25) is 0 Å². The van der Waals surface area contributed by atoms with Crippen LogP contribution in [0, 0.1) is 0 Å². The lowest BCUT2D eigenvalue weighted by Gasteiger charge is -2.07. The fourth-order valence-corrected chi connectivity index (χ4v) is 2.74. The Morgan fingerprint density at radius 1 is 1.24 bits per heavy atom. The van der Waals surface area contributed by atoms with Crippen molar-refractivity contribution in [1.82, 2.24) is 5.32 Å². The van der Waals surface area contributed by atoms with Gasteiger partial charge >= 0.3 is 0 Å². The van der Waals surface area contributed by atoms with E-state index in [4.69, 9.17) is 16.3 Å². The maximum absolute atomic E-state index is 12.2. The van der Waals surface area contributed by atoms with E-state index in [0.717, 1.165) is 6.42 Å². The summed E-state index contributed by atoms with van der Waals surface area (Å²) in [6.45, 7) is 0. The normalized spacial score (nSPS) is 19.9. The third-order valence-corrected chi connectivity index (χ3v) is 4.04. The van der Waals surface area contributed by atoms with E-state index in [9.17, 15) is 4.79 Å². The van der Waals surface area contributed by atoms with Crippen LogP contribution >= 0.6 is 11.6 Å². The fourth-order valence-electron chi connectivity index (χ4n) is 2.48. The number of amides is 1. The number of halogens is 1. The Bertz CT molecular complexity index is 657. The summed E-state index contributed by atoms with van der Waals surface area (Å²) in [6, 6.07) is 15.5. The molecule has 1 saturated carbocycles. The summed E-state index contributed by atoms with van der Waals surface area (Å²) in [5, 5.41) is 3.49. The average Bonchev–Trinajstić information content (AvgIpc) is 3.27. The second-order valence-corrected chi connectivity index (χ2v) is 5.59. The van der Waals surface area contributed by atoms with Crippen molar-refractivity contribution in [2.45, 2.75) is 18.4 Å².